The standard InChI is InChI=1S/C11H17ClN4O3/c1-2-13-10(17)8-7-18-6-5-16(8)11-15-14-9(19-11)3-4-12/h8H,2-7H2,1H3,(H,13,17). The van der Waals surface area contributed by atoms with Crippen LogP contribution in [0.4, 0.5) is 6.01 Å². The highest BCUT2D eigenvalue weighted by Crippen LogP contribution is 2.18. The number of morpholine rings is 1. The first-order valence-corrected chi connectivity index (χ1v) is 6.80. The Morgan fingerprint density at radius 1 is 1.58 bits per heavy atom. The van der Waals surface area contributed by atoms with Crippen LogP contribution in [0.3, 0.4) is 0 Å². The van der Waals surface area contributed by atoms with Gasteiger partial charge in [-0.05, 0) is 6.92 Å². The minimum atomic E-state index is -0.432. The Bertz CT molecular complexity index is 426. The van der Waals surface area contributed by atoms with E-state index in [-0.39, 0.29) is 5.91 Å². The smallest absolute Gasteiger partial charge is 0.319 e. The molecule has 1 amide bonds. The third-order valence-electron chi connectivity index (χ3n) is 2.79. The van der Waals surface area contributed by atoms with Crippen LogP contribution >= 0.6 is 11.6 Å². The van der Waals surface area contributed by atoms with Gasteiger partial charge in [0.15, 0.2) is 0 Å². The molecule has 1 saturated heterocycles. The summed E-state index contributed by atoms with van der Waals surface area (Å²) in [7, 11) is 0. The van der Waals surface area contributed by atoms with E-state index in [4.69, 9.17) is 20.8 Å². The summed E-state index contributed by atoms with van der Waals surface area (Å²) in [5.41, 5.74) is 0. The lowest BCUT2D eigenvalue weighted by atomic mass is 10.2. The van der Waals surface area contributed by atoms with Gasteiger partial charge in [0.25, 0.3) is 0 Å². The maximum Gasteiger partial charge on any atom is 0.319 e. The van der Waals surface area contributed by atoms with E-state index >= 15 is 0 Å². The fraction of sp³-hybridized carbons (Fsp3) is 0.727. The van der Waals surface area contributed by atoms with Crippen LogP contribution in [0.2, 0.25) is 0 Å². The Kier molecular flexibility index (Phi) is 4.98. The van der Waals surface area contributed by atoms with Gasteiger partial charge in [0.05, 0.1) is 13.2 Å². The number of hydrogen-bond donors (Lipinski definition) is 1. The zero-order valence-corrected chi connectivity index (χ0v) is 11.5. The fourth-order valence-electron chi connectivity index (χ4n) is 1.88. The van der Waals surface area contributed by atoms with Crippen molar-refractivity contribution in [1.29, 1.82) is 0 Å². The molecule has 1 atom stereocenters. The fourth-order valence-corrected chi connectivity index (χ4v) is 2.05. The van der Waals surface area contributed by atoms with Gasteiger partial charge in [-0.2, -0.15) is 0 Å². The summed E-state index contributed by atoms with van der Waals surface area (Å²) in [4.78, 5) is 13.7. The first kappa shape index (κ1) is 14.1. The number of carbonyl (C=O) groups is 1. The van der Waals surface area contributed by atoms with Gasteiger partial charge in [0.2, 0.25) is 11.8 Å². The molecule has 1 aromatic rings. The summed E-state index contributed by atoms with van der Waals surface area (Å²) in [6.07, 6.45) is 0.519. The molecule has 1 unspecified atom stereocenters. The van der Waals surface area contributed by atoms with Gasteiger partial charge < -0.3 is 19.4 Å². The second-order valence-corrected chi connectivity index (χ2v) is 4.47. The SMILES string of the molecule is CCNC(=O)C1COCCN1c1nnc(CCCl)o1. The highest BCUT2D eigenvalue weighted by atomic mass is 35.5. The summed E-state index contributed by atoms with van der Waals surface area (Å²) in [5, 5.41) is 10.6. The first-order valence-electron chi connectivity index (χ1n) is 6.26. The van der Waals surface area contributed by atoms with Gasteiger partial charge in [-0.1, -0.05) is 5.10 Å². The second-order valence-electron chi connectivity index (χ2n) is 4.10. The average Bonchev–Trinajstić information content (AvgIpc) is 2.88. The Labute approximate surface area is 116 Å². The number of anilines is 1. The normalized spacial score (nSPS) is 19.5. The topological polar surface area (TPSA) is 80.5 Å². The van der Waals surface area contributed by atoms with Crippen molar-refractivity contribution >= 4 is 23.5 Å². The lowest BCUT2D eigenvalue weighted by Gasteiger charge is -2.32. The van der Waals surface area contributed by atoms with Crippen LogP contribution in [0.1, 0.15) is 12.8 Å². The van der Waals surface area contributed by atoms with E-state index in [0.717, 1.165) is 0 Å². The molecule has 1 fully saturated rings. The number of nitrogens with one attached hydrogen (secondary N) is 1. The molecule has 2 rings (SSSR count). The van der Waals surface area contributed by atoms with Crippen LogP contribution in [0, 0.1) is 0 Å². The number of likely N-dealkylation sites (N-methyl/N-ethyl adjacent to an activating group) is 1. The molecular formula is C11H17ClN4O3. The van der Waals surface area contributed by atoms with Crippen molar-refractivity contribution in [3.05, 3.63) is 5.89 Å². The maximum atomic E-state index is 12.0. The van der Waals surface area contributed by atoms with Crippen LogP contribution in [0.5, 0.6) is 0 Å². The first-order chi connectivity index (χ1) is 9.26. The lowest BCUT2D eigenvalue weighted by Crippen LogP contribution is -2.54. The highest BCUT2D eigenvalue weighted by Gasteiger charge is 2.32. The van der Waals surface area contributed by atoms with Gasteiger partial charge in [-0.15, -0.1) is 16.7 Å². The van der Waals surface area contributed by atoms with E-state index < -0.39 is 6.04 Å². The van der Waals surface area contributed by atoms with Crippen molar-refractivity contribution in [2.45, 2.75) is 19.4 Å². The van der Waals surface area contributed by atoms with Crippen molar-refractivity contribution < 1.29 is 13.9 Å². The predicted octanol–water partition coefficient (Wildman–Crippen LogP) is 0.192. The molecular weight excluding hydrogens is 272 g/mol. The molecule has 2 heterocycles. The second kappa shape index (κ2) is 6.72. The number of carbonyl (C=O) groups excluding carboxylic acids is 1. The van der Waals surface area contributed by atoms with E-state index in [2.05, 4.69) is 15.5 Å². The quantitative estimate of drug-likeness (QED) is 0.779. The molecule has 0 spiro atoms. The third-order valence-corrected chi connectivity index (χ3v) is 2.98. The molecule has 1 aromatic heterocycles. The molecule has 8 heteroatoms. The third kappa shape index (κ3) is 3.36. The van der Waals surface area contributed by atoms with E-state index in [1.165, 1.54) is 0 Å². The number of nitrogens with zero attached hydrogens (tertiary/aromatic N) is 3. The number of alkyl halides is 1. The zero-order chi connectivity index (χ0) is 13.7. The molecule has 1 aliphatic rings. The van der Waals surface area contributed by atoms with Crippen LogP contribution in [-0.4, -0.2) is 54.3 Å². The molecule has 0 radical (unpaired) electrons. The molecule has 19 heavy (non-hydrogen) atoms. The van der Waals surface area contributed by atoms with Crippen LogP contribution < -0.4 is 10.2 Å². The van der Waals surface area contributed by atoms with Crippen molar-refractivity contribution in [1.82, 2.24) is 15.5 Å². The summed E-state index contributed by atoms with van der Waals surface area (Å²) in [5.74, 6) is 0.801. The Morgan fingerprint density at radius 3 is 3.16 bits per heavy atom. The number of amides is 1. The number of aromatic nitrogens is 2. The zero-order valence-electron chi connectivity index (χ0n) is 10.8. The summed E-state index contributed by atoms with van der Waals surface area (Å²) in [6.45, 7) is 3.84. The van der Waals surface area contributed by atoms with Gasteiger partial charge in [0.1, 0.15) is 6.04 Å². The van der Waals surface area contributed by atoms with Crippen LogP contribution in [0.25, 0.3) is 0 Å². The van der Waals surface area contributed by atoms with Crippen molar-refractivity contribution in [3.63, 3.8) is 0 Å². The predicted molar refractivity (Wildman–Crippen MR) is 69.4 cm³/mol. The van der Waals surface area contributed by atoms with E-state index in [1.807, 2.05) is 6.92 Å². The van der Waals surface area contributed by atoms with Gasteiger partial charge in [-0.3, -0.25) is 4.79 Å². The van der Waals surface area contributed by atoms with Crippen molar-refractivity contribution in [2.24, 2.45) is 0 Å². The van der Waals surface area contributed by atoms with Crippen LogP contribution in [0.15, 0.2) is 4.42 Å². The molecule has 7 nitrogen and oxygen atoms in total. The Morgan fingerprint density at radius 2 is 2.42 bits per heavy atom. The largest absolute Gasteiger partial charge is 0.408 e. The van der Waals surface area contributed by atoms with Crippen molar-refractivity contribution in [3.8, 4) is 0 Å². The molecule has 1 aliphatic heterocycles. The number of rotatable bonds is 5. The van der Waals surface area contributed by atoms with Crippen LogP contribution in [-0.2, 0) is 16.0 Å². The number of ether oxygens (including phenoxy) is 1. The molecule has 0 aliphatic carbocycles. The summed E-state index contributed by atoms with van der Waals surface area (Å²) in [6, 6.07) is -0.0855. The summed E-state index contributed by atoms with van der Waals surface area (Å²) >= 11 is 5.63. The molecule has 0 bridgehead atoms. The van der Waals surface area contributed by atoms with Gasteiger partial charge >= 0.3 is 6.01 Å². The Hall–Kier alpha value is -1.34. The summed E-state index contributed by atoms with van der Waals surface area (Å²) < 4.78 is 10.8. The van der Waals surface area contributed by atoms with Gasteiger partial charge in [0, 0.05) is 25.4 Å². The minimum absolute atomic E-state index is 0.0979. The lowest BCUT2D eigenvalue weighted by molar-refractivity contribution is -0.124. The average molecular weight is 289 g/mol. The minimum Gasteiger partial charge on any atom is -0.408 e. The molecule has 106 valence electrons. The van der Waals surface area contributed by atoms with E-state index in [1.54, 1.807) is 4.90 Å². The molecule has 1 N–H and O–H groups in total. The highest BCUT2D eigenvalue weighted by molar-refractivity contribution is 6.17. The number of aryl methyl sites for hydroxylation is 1. The maximum absolute atomic E-state index is 12.0. The molecule has 0 aromatic carbocycles. The van der Waals surface area contributed by atoms with Crippen molar-refractivity contribution in [2.75, 3.05) is 37.1 Å². The number of hydrogen-bond acceptors (Lipinski definition) is 6. The monoisotopic (exact) mass is 288 g/mol. The number of halogens is 1. The molecule has 0 saturated carbocycles. The van der Waals surface area contributed by atoms with E-state index in [0.29, 0.717) is 50.5 Å². The Balaban J connectivity index is 2.11. The van der Waals surface area contributed by atoms with E-state index in [9.17, 15) is 4.79 Å². The van der Waals surface area contributed by atoms with Gasteiger partial charge in [-0.25, -0.2) is 0 Å².